The monoisotopic (exact) mass is 231 g/mol. The van der Waals surface area contributed by atoms with Crippen molar-refractivity contribution < 1.29 is 0 Å². The van der Waals surface area contributed by atoms with Crippen LogP contribution in [0.1, 0.15) is 42.4 Å². The maximum atomic E-state index is 5.72. The van der Waals surface area contributed by atoms with Crippen LogP contribution in [0, 0.1) is 25.7 Å². The van der Waals surface area contributed by atoms with E-state index in [1.54, 1.807) is 5.56 Å². The van der Waals surface area contributed by atoms with Crippen LogP contribution >= 0.6 is 0 Å². The van der Waals surface area contributed by atoms with Gasteiger partial charge in [0.2, 0.25) is 0 Å². The fourth-order valence-electron chi connectivity index (χ4n) is 3.28. The molecule has 1 aromatic carbocycles. The standard InChI is InChI=1S/C16H25N/c1-12-6-7-13(2)16(10-12)11-15-5-3-4-14(15)8-9-17/h6-7,10,14-15H,3-5,8-9,11,17H2,1-2H3. The van der Waals surface area contributed by atoms with Crippen molar-refractivity contribution in [1.82, 2.24) is 0 Å². The quantitative estimate of drug-likeness (QED) is 0.841. The van der Waals surface area contributed by atoms with E-state index in [0.717, 1.165) is 18.4 Å². The summed E-state index contributed by atoms with van der Waals surface area (Å²) in [6.07, 6.45) is 6.68. The Morgan fingerprint density at radius 1 is 1.18 bits per heavy atom. The van der Waals surface area contributed by atoms with Crippen LogP contribution < -0.4 is 5.73 Å². The molecule has 0 radical (unpaired) electrons. The lowest BCUT2D eigenvalue weighted by molar-refractivity contribution is 0.366. The van der Waals surface area contributed by atoms with E-state index in [1.807, 2.05) is 0 Å². The van der Waals surface area contributed by atoms with E-state index < -0.39 is 0 Å². The summed E-state index contributed by atoms with van der Waals surface area (Å²) in [4.78, 5) is 0. The minimum Gasteiger partial charge on any atom is -0.330 e. The number of hydrogen-bond donors (Lipinski definition) is 1. The van der Waals surface area contributed by atoms with Crippen molar-refractivity contribution in [3.63, 3.8) is 0 Å². The molecule has 1 nitrogen and oxygen atoms in total. The molecule has 1 heteroatoms. The van der Waals surface area contributed by atoms with E-state index in [2.05, 4.69) is 32.0 Å². The van der Waals surface area contributed by atoms with Gasteiger partial charge in [0.1, 0.15) is 0 Å². The predicted molar refractivity (Wildman–Crippen MR) is 74.1 cm³/mol. The Labute approximate surface area is 105 Å². The Balaban J connectivity index is 2.06. The Morgan fingerprint density at radius 2 is 1.94 bits per heavy atom. The predicted octanol–water partition coefficient (Wildman–Crippen LogP) is 3.61. The normalized spacial score (nSPS) is 24.2. The molecule has 0 aromatic heterocycles. The van der Waals surface area contributed by atoms with Crippen LogP contribution in [-0.4, -0.2) is 6.54 Å². The molecule has 0 heterocycles. The number of rotatable bonds is 4. The average Bonchev–Trinajstić information content (AvgIpc) is 2.72. The van der Waals surface area contributed by atoms with Crippen LogP contribution in [0.4, 0.5) is 0 Å². The summed E-state index contributed by atoms with van der Waals surface area (Å²) < 4.78 is 0. The van der Waals surface area contributed by atoms with Gasteiger partial charge in [-0.25, -0.2) is 0 Å². The van der Waals surface area contributed by atoms with E-state index in [4.69, 9.17) is 5.73 Å². The van der Waals surface area contributed by atoms with Gasteiger partial charge in [0.15, 0.2) is 0 Å². The van der Waals surface area contributed by atoms with Gasteiger partial charge >= 0.3 is 0 Å². The van der Waals surface area contributed by atoms with Crippen LogP contribution in [0.25, 0.3) is 0 Å². The van der Waals surface area contributed by atoms with Gasteiger partial charge in [0, 0.05) is 0 Å². The lowest BCUT2D eigenvalue weighted by atomic mass is 9.86. The zero-order valence-electron chi connectivity index (χ0n) is 11.2. The second-order valence-corrected chi connectivity index (χ2v) is 5.66. The highest BCUT2D eigenvalue weighted by atomic mass is 14.5. The third-order valence-electron chi connectivity index (χ3n) is 4.34. The summed E-state index contributed by atoms with van der Waals surface area (Å²) in [5, 5.41) is 0. The molecular formula is C16H25N. The molecule has 2 N–H and O–H groups in total. The van der Waals surface area contributed by atoms with Gasteiger partial charge in [-0.3, -0.25) is 0 Å². The second kappa shape index (κ2) is 5.68. The summed E-state index contributed by atoms with van der Waals surface area (Å²) in [6, 6.07) is 6.84. The number of aryl methyl sites for hydroxylation is 2. The average molecular weight is 231 g/mol. The maximum absolute atomic E-state index is 5.72. The van der Waals surface area contributed by atoms with E-state index >= 15 is 0 Å². The van der Waals surface area contributed by atoms with Gasteiger partial charge < -0.3 is 5.73 Å². The number of nitrogens with two attached hydrogens (primary N) is 1. The highest BCUT2D eigenvalue weighted by Crippen LogP contribution is 2.36. The molecule has 17 heavy (non-hydrogen) atoms. The molecule has 1 fully saturated rings. The van der Waals surface area contributed by atoms with E-state index in [1.165, 1.54) is 43.2 Å². The largest absolute Gasteiger partial charge is 0.330 e. The Kier molecular flexibility index (Phi) is 4.22. The van der Waals surface area contributed by atoms with Gasteiger partial charge in [-0.15, -0.1) is 0 Å². The van der Waals surface area contributed by atoms with Crippen LogP contribution in [0.2, 0.25) is 0 Å². The third kappa shape index (κ3) is 3.10. The summed E-state index contributed by atoms with van der Waals surface area (Å²) in [5.74, 6) is 1.75. The SMILES string of the molecule is Cc1ccc(C)c(CC2CCCC2CCN)c1. The summed E-state index contributed by atoms with van der Waals surface area (Å²) >= 11 is 0. The molecule has 2 unspecified atom stereocenters. The molecule has 0 bridgehead atoms. The van der Waals surface area contributed by atoms with Crippen LogP contribution in [-0.2, 0) is 6.42 Å². The van der Waals surface area contributed by atoms with Crippen molar-refractivity contribution >= 4 is 0 Å². The first kappa shape index (κ1) is 12.6. The number of hydrogen-bond acceptors (Lipinski definition) is 1. The fourth-order valence-corrected chi connectivity index (χ4v) is 3.28. The molecule has 0 aliphatic heterocycles. The first-order valence-corrected chi connectivity index (χ1v) is 6.97. The minimum atomic E-state index is 0.855. The van der Waals surface area contributed by atoms with Crippen LogP contribution in [0.15, 0.2) is 18.2 Å². The lowest BCUT2D eigenvalue weighted by Crippen LogP contribution is -2.15. The van der Waals surface area contributed by atoms with E-state index in [9.17, 15) is 0 Å². The van der Waals surface area contributed by atoms with Gasteiger partial charge in [-0.2, -0.15) is 0 Å². The van der Waals surface area contributed by atoms with Crippen LogP contribution in [0.3, 0.4) is 0 Å². The van der Waals surface area contributed by atoms with Crippen molar-refractivity contribution in [2.45, 2.75) is 46.0 Å². The highest BCUT2D eigenvalue weighted by Gasteiger charge is 2.26. The molecule has 0 spiro atoms. The minimum absolute atomic E-state index is 0.855. The van der Waals surface area contributed by atoms with E-state index in [-0.39, 0.29) is 0 Å². The van der Waals surface area contributed by atoms with Crippen LogP contribution in [0.5, 0.6) is 0 Å². The number of benzene rings is 1. The smallest absolute Gasteiger partial charge is 0.00745 e. The third-order valence-corrected chi connectivity index (χ3v) is 4.34. The van der Waals surface area contributed by atoms with E-state index in [0.29, 0.717) is 0 Å². The Morgan fingerprint density at radius 3 is 2.71 bits per heavy atom. The first-order chi connectivity index (χ1) is 8.20. The molecule has 2 atom stereocenters. The molecule has 94 valence electrons. The topological polar surface area (TPSA) is 26.0 Å². The summed E-state index contributed by atoms with van der Waals surface area (Å²) in [5.41, 5.74) is 10.1. The summed E-state index contributed by atoms with van der Waals surface area (Å²) in [6.45, 7) is 5.28. The lowest BCUT2D eigenvalue weighted by Gasteiger charge is -2.20. The zero-order chi connectivity index (χ0) is 12.3. The molecule has 1 aliphatic carbocycles. The molecular weight excluding hydrogens is 206 g/mol. The van der Waals surface area contributed by atoms with Gasteiger partial charge in [0.25, 0.3) is 0 Å². The van der Waals surface area contributed by atoms with Crippen molar-refractivity contribution in [1.29, 1.82) is 0 Å². The molecule has 1 aromatic rings. The Hall–Kier alpha value is -0.820. The van der Waals surface area contributed by atoms with Crippen molar-refractivity contribution in [2.75, 3.05) is 6.54 Å². The molecule has 0 amide bonds. The van der Waals surface area contributed by atoms with Crippen molar-refractivity contribution in [2.24, 2.45) is 17.6 Å². The first-order valence-electron chi connectivity index (χ1n) is 6.97. The van der Waals surface area contributed by atoms with Crippen molar-refractivity contribution in [3.05, 3.63) is 34.9 Å². The second-order valence-electron chi connectivity index (χ2n) is 5.66. The zero-order valence-corrected chi connectivity index (χ0v) is 11.2. The molecule has 1 aliphatic rings. The molecule has 1 saturated carbocycles. The van der Waals surface area contributed by atoms with Gasteiger partial charge in [-0.1, -0.05) is 36.6 Å². The fraction of sp³-hybridized carbons (Fsp3) is 0.625. The highest BCUT2D eigenvalue weighted by molar-refractivity contribution is 5.30. The maximum Gasteiger partial charge on any atom is -0.00745 e. The van der Waals surface area contributed by atoms with Crippen molar-refractivity contribution in [3.8, 4) is 0 Å². The molecule has 0 saturated heterocycles. The Bertz CT molecular complexity index is 370. The summed E-state index contributed by atoms with van der Waals surface area (Å²) in [7, 11) is 0. The van der Waals surface area contributed by atoms with Gasteiger partial charge in [0.05, 0.1) is 0 Å². The van der Waals surface area contributed by atoms with Gasteiger partial charge in [-0.05, 0) is 62.6 Å². The molecule has 2 rings (SSSR count).